The second kappa shape index (κ2) is 15.6. The van der Waals surface area contributed by atoms with Crippen LogP contribution in [-0.2, 0) is 5.41 Å². The van der Waals surface area contributed by atoms with Crippen molar-refractivity contribution in [3.8, 4) is 66.8 Å². The molecular formula is C67H43NO. The lowest BCUT2D eigenvalue weighted by Crippen LogP contribution is -2.26. The van der Waals surface area contributed by atoms with Crippen LogP contribution in [0.1, 0.15) is 22.3 Å². The van der Waals surface area contributed by atoms with Gasteiger partial charge >= 0.3 is 0 Å². The van der Waals surface area contributed by atoms with Crippen molar-refractivity contribution in [2.75, 3.05) is 4.90 Å². The van der Waals surface area contributed by atoms with Crippen LogP contribution in [0.4, 0.5) is 17.1 Å². The van der Waals surface area contributed by atoms with E-state index in [0.717, 1.165) is 55.7 Å². The highest BCUT2D eigenvalue weighted by Gasteiger charge is 2.52. The summed E-state index contributed by atoms with van der Waals surface area (Å²) in [6.07, 6.45) is 0. The lowest BCUT2D eigenvalue weighted by atomic mass is 9.70. The zero-order valence-electron chi connectivity index (χ0n) is 37.7. The first kappa shape index (κ1) is 39.2. The molecule has 2 heteroatoms. The largest absolute Gasteiger partial charge is 0.456 e. The number of anilines is 3. The molecule has 322 valence electrons. The molecule has 0 fully saturated rings. The molecule has 0 atom stereocenters. The van der Waals surface area contributed by atoms with Crippen LogP contribution < -0.4 is 4.90 Å². The third kappa shape index (κ3) is 5.86. The Hall–Kier alpha value is -8.98. The number of nitrogens with zero attached hydrogens (tertiary/aromatic N) is 1. The first-order valence-corrected chi connectivity index (χ1v) is 23.8. The smallest absolute Gasteiger partial charge is 0.135 e. The van der Waals surface area contributed by atoms with Crippen LogP contribution in [0.2, 0.25) is 0 Å². The molecule has 0 aliphatic heterocycles. The van der Waals surface area contributed by atoms with E-state index in [1.165, 1.54) is 72.3 Å². The molecule has 69 heavy (non-hydrogen) atoms. The van der Waals surface area contributed by atoms with Gasteiger partial charge in [0.2, 0.25) is 0 Å². The maximum Gasteiger partial charge on any atom is 0.135 e. The van der Waals surface area contributed by atoms with Gasteiger partial charge in [0.1, 0.15) is 11.2 Å². The van der Waals surface area contributed by atoms with Crippen LogP contribution in [-0.4, -0.2) is 0 Å². The molecule has 14 rings (SSSR count). The summed E-state index contributed by atoms with van der Waals surface area (Å²) in [5.41, 5.74) is 24.3. The van der Waals surface area contributed by atoms with Crippen molar-refractivity contribution in [3.63, 3.8) is 0 Å². The van der Waals surface area contributed by atoms with Gasteiger partial charge in [0.25, 0.3) is 0 Å². The van der Waals surface area contributed by atoms with E-state index < -0.39 is 5.41 Å². The van der Waals surface area contributed by atoms with Gasteiger partial charge in [-0.3, -0.25) is 0 Å². The number of furan rings is 1. The van der Waals surface area contributed by atoms with Gasteiger partial charge in [0, 0.05) is 27.6 Å². The number of hydrogen-bond acceptors (Lipinski definition) is 2. The van der Waals surface area contributed by atoms with Crippen LogP contribution in [0.5, 0.6) is 0 Å². The molecule has 1 spiro atoms. The first-order valence-electron chi connectivity index (χ1n) is 23.8. The Bertz CT molecular complexity index is 3910. The molecule has 1 heterocycles. The van der Waals surface area contributed by atoms with Gasteiger partial charge in [-0.25, -0.2) is 0 Å². The van der Waals surface area contributed by atoms with Gasteiger partial charge in [-0.2, -0.15) is 0 Å². The summed E-state index contributed by atoms with van der Waals surface area (Å²) in [5.74, 6) is 0. The summed E-state index contributed by atoms with van der Waals surface area (Å²) in [7, 11) is 0. The van der Waals surface area contributed by atoms with E-state index in [9.17, 15) is 0 Å². The zero-order valence-corrected chi connectivity index (χ0v) is 37.7. The minimum absolute atomic E-state index is 0.491. The highest BCUT2D eigenvalue weighted by Crippen LogP contribution is 2.65. The van der Waals surface area contributed by atoms with Crippen molar-refractivity contribution >= 4 is 39.0 Å². The fraction of sp³-hybridized carbons (Fsp3) is 0.0149. The van der Waals surface area contributed by atoms with Crippen molar-refractivity contribution in [2.24, 2.45) is 0 Å². The van der Waals surface area contributed by atoms with Crippen molar-refractivity contribution in [1.29, 1.82) is 0 Å². The van der Waals surface area contributed by atoms with Gasteiger partial charge in [-0.05, 0) is 120 Å². The number of rotatable bonds is 7. The third-order valence-corrected chi connectivity index (χ3v) is 14.7. The van der Waals surface area contributed by atoms with Crippen LogP contribution in [0, 0.1) is 0 Å². The Morgan fingerprint density at radius 3 is 1.45 bits per heavy atom. The summed E-state index contributed by atoms with van der Waals surface area (Å²) >= 11 is 0. The summed E-state index contributed by atoms with van der Waals surface area (Å²) in [4.78, 5) is 2.54. The molecule has 2 aliphatic carbocycles. The lowest BCUT2D eigenvalue weighted by Gasteiger charge is -2.33. The van der Waals surface area contributed by atoms with Crippen LogP contribution >= 0.6 is 0 Å². The Balaban J connectivity index is 1.06. The van der Waals surface area contributed by atoms with E-state index in [4.69, 9.17) is 4.42 Å². The average Bonchev–Trinajstić information content (AvgIpc) is 4.06. The first-order chi connectivity index (χ1) is 34.3. The molecule has 0 bridgehead atoms. The van der Waals surface area contributed by atoms with E-state index in [2.05, 4.69) is 254 Å². The van der Waals surface area contributed by atoms with Crippen molar-refractivity contribution in [1.82, 2.24) is 0 Å². The molecule has 12 aromatic rings. The fourth-order valence-electron chi connectivity index (χ4n) is 11.9. The van der Waals surface area contributed by atoms with Crippen molar-refractivity contribution in [3.05, 3.63) is 283 Å². The molecule has 2 aliphatic rings. The van der Waals surface area contributed by atoms with E-state index in [1.807, 2.05) is 12.1 Å². The van der Waals surface area contributed by atoms with Gasteiger partial charge in [0.05, 0.1) is 16.8 Å². The predicted octanol–water partition coefficient (Wildman–Crippen LogP) is 18.1. The Morgan fingerprint density at radius 1 is 0.275 bits per heavy atom. The molecule has 0 unspecified atom stereocenters. The normalized spacial score (nSPS) is 12.8. The SMILES string of the molecule is c1ccc(-c2ccccc2-c2c(-c3ccccc3)cccc2N(c2ccc(-c3ccc4oc5ccccc5c4c3)cc2)c2cccc3c2-c2ccccc2C32c3ccccc3-c3ccccc32)cc1. The number of hydrogen-bond donors (Lipinski definition) is 0. The summed E-state index contributed by atoms with van der Waals surface area (Å²) in [6.45, 7) is 0. The second-order valence-corrected chi connectivity index (χ2v) is 18.3. The Labute approximate surface area is 401 Å². The molecule has 11 aromatic carbocycles. The maximum atomic E-state index is 6.25. The van der Waals surface area contributed by atoms with Crippen molar-refractivity contribution in [2.45, 2.75) is 5.41 Å². The molecule has 0 saturated carbocycles. The van der Waals surface area contributed by atoms with Crippen LogP contribution in [0.15, 0.2) is 265 Å². The topological polar surface area (TPSA) is 16.4 Å². The van der Waals surface area contributed by atoms with E-state index in [-0.39, 0.29) is 0 Å². The minimum Gasteiger partial charge on any atom is -0.456 e. The molecular weight excluding hydrogens is 835 g/mol. The number of para-hydroxylation sites is 1. The monoisotopic (exact) mass is 877 g/mol. The second-order valence-electron chi connectivity index (χ2n) is 18.3. The van der Waals surface area contributed by atoms with E-state index >= 15 is 0 Å². The quantitative estimate of drug-likeness (QED) is 0.159. The number of benzene rings is 11. The molecule has 0 saturated heterocycles. The number of fused-ring (bicyclic) bond motifs is 13. The lowest BCUT2D eigenvalue weighted by molar-refractivity contribution is 0.669. The van der Waals surface area contributed by atoms with Gasteiger partial charge < -0.3 is 9.32 Å². The highest BCUT2D eigenvalue weighted by molar-refractivity contribution is 6.08. The molecule has 1 aromatic heterocycles. The zero-order chi connectivity index (χ0) is 45.5. The molecule has 0 radical (unpaired) electrons. The highest BCUT2D eigenvalue weighted by atomic mass is 16.3. The van der Waals surface area contributed by atoms with Gasteiger partial charge in [-0.1, -0.05) is 218 Å². The summed E-state index contributed by atoms with van der Waals surface area (Å²) in [6, 6.07) is 95.8. The standard InChI is InChI=1S/C67H43NO/c1-3-19-45(20-4-1)49-23-7-8-27-54(49)65-50(46-21-5-2-6-22-46)29-17-34-61(65)68(48-40-37-44(38-41-48)47-39-42-64-56(43-47)53-26-12-16-36-63(53)69-64)62-35-18-33-60-66(62)55-28-11-15-32-59(55)67(60)57-30-13-9-24-51(57)52-25-10-14-31-58(52)67/h1-43H. The minimum atomic E-state index is -0.491. The van der Waals surface area contributed by atoms with Gasteiger partial charge in [0.15, 0.2) is 0 Å². The predicted molar refractivity (Wildman–Crippen MR) is 286 cm³/mol. The van der Waals surface area contributed by atoms with Gasteiger partial charge in [-0.15, -0.1) is 0 Å². The average molecular weight is 878 g/mol. The fourth-order valence-corrected chi connectivity index (χ4v) is 11.9. The molecule has 0 amide bonds. The Kier molecular flexibility index (Phi) is 8.84. The molecule has 0 N–H and O–H groups in total. The third-order valence-electron chi connectivity index (χ3n) is 14.7. The van der Waals surface area contributed by atoms with Crippen LogP contribution in [0.25, 0.3) is 88.7 Å². The van der Waals surface area contributed by atoms with Crippen LogP contribution in [0.3, 0.4) is 0 Å². The summed E-state index contributed by atoms with van der Waals surface area (Å²) in [5, 5.41) is 2.25. The molecule has 2 nitrogen and oxygen atoms in total. The summed E-state index contributed by atoms with van der Waals surface area (Å²) < 4.78 is 6.25. The van der Waals surface area contributed by atoms with Crippen molar-refractivity contribution < 1.29 is 4.42 Å². The maximum absolute atomic E-state index is 6.25. The Morgan fingerprint density at radius 2 is 0.754 bits per heavy atom. The van der Waals surface area contributed by atoms with E-state index in [0.29, 0.717) is 0 Å². The van der Waals surface area contributed by atoms with E-state index in [1.54, 1.807) is 0 Å².